The Hall–Kier alpha value is -1.77. The molecule has 0 radical (unpaired) electrons. The number of allylic oxidation sites excluding steroid dienone is 1. The Balaban J connectivity index is 0.00000220. The van der Waals surface area contributed by atoms with Crippen LogP contribution in [-0.2, 0) is 6.54 Å². The maximum Gasteiger partial charge on any atom is 0.0400 e. The molecule has 3 N–H and O–H groups in total. The Kier molecular flexibility index (Phi) is 7.59. The van der Waals surface area contributed by atoms with Gasteiger partial charge in [-0.15, -0.1) is 19.0 Å². The summed E-state index contributed by atoms with van der Waals surface area (Å²) >= 11 is 0. The molecule has 2 aromatic rings. The smallest absolute Gasteiger partial charge is 0.0400 e. The molecule has 2 nitrogen and oxygen atoms in total. The Morgan fingerprint density at radius 2 is 1.71 bits per heavy atom. The lowest BCUT2D eigenvalue weighted by atomic mass is 10.0. The van der Waals surface area contributed by atoms with Crippen LogP contribution in [0.3, 0.4) is 0 Å². The highest BCUT2D eigenvalue weighted by molar-refractivity contribution is 5.85. The maximum atomic E-state index is 6.13. The molecule has 1 atom stereocenters. The fraction of sp³-hybridized carbons (Fsp3) is 0.222. The van der Waals surface area contributed by atoms with E-state index in [4.69, 9.17) is 5.73 Å². The zero-order valence-electron chi connectivity index (χ0n) is 12.2. The third-order valence-electron chi connectivity index (χ3n) is 3.36. The zero-order valence-corrected chi connectivity index (χ0v) is 13.0. The van der Waals surface area contributed by atoms with Gasteiger partial charge in [0.25, 0.3) is 0 Å². The molecule has 3 heteroatoms. The van der Waals surface area contributed by atoms with E-state index in [0.29, 0.717) is 0 Å². The van der Waals surface area contributed by atoms with Gasteiger partial charge >= 0.3 is 0 Å². The second kappa shape index (κ2) is 9.22. The minimum Gasteiger partial charge on any atom is -0.381 e. The monoisotopic (exact) mass is 302 g/mol. The van der Waals surface area contributed by atoms with Gasteiger partial charge in [-0.1, -0.05) is 48.5 Å². The number of anilines is 1. The van der Waals surface area contributed by atoms with Crippen LogP contribution >= 0.6 is 12.4 Å². The van der Waals surface area contributed by atoms with Gasteiger partial charge in [0.15, 0.2) is 0 Å². The Morgan fingerprint density at radius 1 is 1.05 bits per heavy atom. The minimum absolute atomic E-state index is 0. The van der Waals surface area contributed by atoms with Crippen molar-refractivity contribution in [2.75, 3.05) is 5.32 Å². The summed E-state index contributed by atoms with van der Waals surface area (Å²) in [5, 5.41) is 3.41. The number of hydrogen-bond donors (Lipinski definition) is 2. The lowest BCUT2D eigenvalue weighted by molar-refractivity contribution is 0.661. The third-order valence-corrected chi connectivity index (χ3v) is 3.36. The fourth-order valence-electron chi connectivity index (χ4n) is 2.11. The van der Waals surface area contributed by atoms with Gasteiger partial charge in [0.2, 0.25) is 0 Å². The van der Waals surface area contributed by atoms with Crippen molar-refractivity contribution < 1.29 is 0 Å². The summed E-state index contributed by atoms with van der Waals surface area (Å²) in [7, 11) is 0. The first kappa shape index (κ1) is 17.3. The molecule has 0 unspecified atom stereocenters. The maximum absolute atomic E-state index is 6.13. The molecule has 0 spiro atoms. The number of halogens is 1. The fourth-order valence-corrected chi connectivity index (χ4v) is 2.11. The van der Waals surface area contributed by atoms with Crippen molar-refractivity contribution in [2.24, 2.45) is 5.73 Å². The number of benzene rings is 2. The predicted molar refractivity (Wildman–Crippen MR) is 93.8 cm³/mol. The van der Waals surface area contributed by atoms with Crippen LogP contribution in [0.5, 0.6) is 0 Å². The molecule has 0 saturated heterocycles. The van der Waals surface area contributed by atoms with Crippen LogP contribution in [0, 0.1) is 0 Å². The molecule has 112 valence electrons. The number of rotatable bonds is 7. The van der Waals surface area contributed by atoms with E-state index in [0.717, 1.165) is 25.1 Å². The highest BCUT2D eigenvalue weighted by Crippen LogP contribution is 2.19. The van der Waals surface area contributed by atoms with E-state index in [1.54, 1.807) is 0 Å². The van der Waals surface area contributed by atoms with E-state index in [2.05, 4.69) is 60.4 Å². The van der Waals surface area contributed by atoms with Crippen molar-refractivity contribution in [1.29, 1.82) is 0 Å². The van der Waals surface area contributed by atoms with Gasteiger partial charge in [0.05, 0.1) is 0 Å². The van der Waals surface area contributed by atoms with Crippen LogP contribution in [0.25, 0.3) is 0 Å². The van der Waals surface area contributed by atoms with Gasteiger partial charge in [0, 0.05) is 18.3 Å². The van der Waals surface area contributed by atoms with Crippen LogP contribution in [-0.4, -0.2) is 0 Å². The Bertz CT molecular complexity index is 523. The second-order valence-electron chi connectivity index (χ2n) is 4.93. The van der Waals surface area contributed by atoms with Crippen LogP contribution < -0.4 is 11.1 Å². The first-order chi connectivity index (χ1) is 9.79. The molecule has 0 bridgehead atoms. The van der Waals surface area contributed by atoms with Gasteiger partial charge < -0.3 is 11.1 Å². The van der Waals surface area contributed by atoms with Crippen molar-refractivity contribution in [3.63, 3.8) is 0 Å². The summed E-state index contributed by atoms with van der Waals surface area (Å²) < 4.78 is 0. The standard InChI is InChI=1S/C18H22N2.ClH/c1-2-3-9-18(19)16-10-12-17(13-11-16)20-14-15-7-5-4-6-8-15;/h2,4-8,10-13,18,20H,1,3,9,14,19H2;1H/t18-;/m1./s1. The average molecular weight is 303 g/mol. The van der Waals surface area contributed by atoms with Gasteiger partial charge in [-0.25, -0.2) is 0 Å². The summed E-state index contributed by atoms with van der Waals surface area (Å²) in [6, 6.07) is 18.8. The molecule has 0 aliphatic heterocycles. The van der Waals surface area contributed by atoms with Gasteiger partial charge in [0.1, 0.15) is 0 Å². The molecule has 2 aromatic carbocycles. The first-order valence-corrected chi connectivity index (χ1v) is 7.04. The topological polar surface area (TPSA) is 38.0 Å². The summed E-state index contributed by atoms with van der Waals surface area (Å²) in [6.45, 7) is 4.56. The molecule has 0 aliphatic rings. The molecule has 0 saturated carbocycles. The Labute approximate surface area is 133 Å². The van der Waals surface area contributed by atoms with E-state index >= 15 is 0 Å². The highest BCUT2D eigenvalue weighted by atomic mass is 35.5. The van der Waals surface area contributed by atoms with Crippen LogP contribution in [0.4, 0.5) is 5.69 Å². The van der Waals surface area contributed by atoms with Crippen molar-refractivity contribution in [1.82, 2.24) is 0 Å². The van der Waals surface area contributed by atoms with Crippen molar-refractivity contribution in [3.05, 3.63) is 78.4 Å². The van der Waals surface area contributed by atoms with E-state index < -0.39 is 0 Å². The van der Waals surface area contributed by atoms with Crippen LogP contribution in [0.2, 0.25) is 0 Å². The molecule has 0 aromatic heterocycles. The quantitative estimate of drug-likeness (QED) is 0.728. The van der Waals surface area contributed by atoms with E-state index in [9.17, 15) is 0 Å². The van der Waals surface area contributed by atoms with Gasteiger partial charge in [-0.2, -0.15) is 0 Å². The van der Waals surface area contributed by atoms with Crippen molar-refractivity contribution in [3.8, 4) is 0 Å². The zero-order chi connectivity index (χ0) is 14.2. The molecular formula is C18H23ClN2. The van der Waals surface area contributed by atoms with E-state index in [1.807, 2.05) is 12.1 Å². The predicted octanol–water partition coefficient (Wildman–Crippen LogP) is 4.69. The molecule has 0 amide bonds. The minimum atomic E-state index is 0. The average Bonchev–Trinajstić information content (AvgIpc) is 2.52. The van der Waals surface area contributed by atoms with Crippen molar-refractivity contribution >= 4 is 18.1 Å². The molecule has 2 rings (SSSR count). The van der Waals surface area contributed by atoms with Gasteiger partial charge in [-0.05, 0) is 36.1 Å². The van der Waals surface area contributed by atoms with Crippen molar-refractivity contribution in [2.45, 2.75) is 25.4 Å². The molecule has 0 fully saturated rings. The normalized spacial score (nSPS) is 11.3. The molecular weight excluding hydrogens is 280 g/mol. The van der Waals surface area contributed by atoms with Crippen LogP contribution in [0.15, 0.2) is 67.3 Å². The molecule has 0 aliphatic carbocycles. The Morgan fingerprint density at radius 3 is 2.33 bits per heavy atom. The largest absolute Gasteiger partial charge is 0.381 e. The summed E-state index contributed by atoms with van der Waals surface area (Å²) in [4.78, 5) is 0. The summed E-state index contributed by atoms with van der Waals surface area (Å²) in [6.07, 6.45) is 3.81. The lowest BCUT2D eigenvalue weighted by Gasteiger charge is -2.12. The van der Waals surface area contributed by atoms with E-state index in [-0.39, 0.29) is 18.4 Å². The highest BCUT2D eigenvalue weighted by Gasteiger charge is 2.04. The van der Waals surface area contributed by atoms with E-state index in [1.165, 1.54) is 11.1 Å². The number of nitrogens with two attached hydrogens (primary N) is 1. The third kappa shape index (κ3) is 5.62. The lowest BCUT2D eigenvalue weighted by Crippen LogP contribution is -2.09. The molecule has 21 heavy (non-hydrogen) atoms. The summed E-state index contributed by atoms with van der Waals surface area (Å²) in [5.41, 5.74) is 9.70. The van der Waals surface area contributed by atoms with Gasteiger partial charge in [-0.3, -0.25) is 0 Å². The SMILES string of the molecule is C=CCC[C@@H](N)c1ccc(NCc2ccccc2)cc1.Cl. The van der Waals surface area contributed by atoms with Crippen LogP contribution in [0.1, 0.15) is 30.0 Å². The number of hydrogen-bond acceptors (Lipinski definition) is 2. The second-order valence-corrected chi connectivity index (χ2v) is 4.93. The first-order valence-electron chi connectivity index (χ1n) is 7.04. The summed E-state index contributed by atoms with van der Waals surface area (Å²) in [5.74, 6) is 0. The number of nitrogens with one attached hydrogen (secondary N) is 1. The molecule has 0 heterocycles.